The summed E-state index contributed by atoms with van der Waals surface area (Å²) in [4.78, 5) is 39.6. The van der Waals surface area contributed by atoms with Gasteiger partial charge in [0.25, 0.3) is 0 Å². The van der Waals surface area contributed by atoms with E-state index in [1.165, 1.54) is 25.1 Å². The fourth-order valence-corrected chi connectivity index (χ4v) is 8.03. The number of carbonyl (C=O) groups excluding carboxylic acids is 1. The van der Waals surface area contributed by atoms with Gasteiger partial charge < -0.3 is 19.3 Å². The molecule has 0 aliphatic carbocycles. The highest BCUT2D eigenvalue weighted by Crippen LogP contribution is 2.48. The molecule has 1 aliphatic heterocycles. The van der Waals surface area contributed by atoms with Gasteiger partial charge in [0.2, 0.25) is 6.79 Å². The molecule has 3 aromatic heterocycles. The average Bonchev–Trinajstić information content (AvgIpc) is 3.82. The number of phosphoric acid groups is 1. The molecule has 56 heavy (non-hydrogen) atoms. The summed E-state index contributed by atoms with van der Waals surface area (Å²) >= 11 is 0. The molecular weight excluding hydrogens is 737 g/mol. The second kappa shape index (κ2) is 17.0. The molecule has 1 atom stereocenters. The standard InChI is InChI=1S/C41H46N5O9P/c1-26(2)38-33-20-32(31-15-17-42-18-16-31)12-13-35(33)46(39(38)34-21-45-40(43-24-44-45)28(4)27(34)3)41(47)51-25-53-52-22-30-11-14-36(37(19-30)50-5)55-56(48,49)54-23-29-9-7-6-8-10-29/h6-14,19-21,24,26,31,42H,15-18,22-23,25H2,1-5H3,(H,48,49). The number of rotatable bonds is 14. The highest BCUT2D eigenvalue weighted by atomic mass is 31.2. The van der Waals surface area contributed by atoms with Gasteiger partial charge in [0, 0.05) is 17.1 Å². The first-order valence-electron chi connectivity index (χ1n) is 18.5. The Balaban J connectivity index is 1.08. The maximum atomic E-state index is 14.2. The Labute approximate surface area is 324 Å². The molecule has 0 saturated carbocycles. The van der Waals surface area contributed by atoms with E-state index < -0.39 is 20.7 Å². The van der Waals surface area contributed by atoms with E-state index in [1.54, 1.807) is 45.5 Å². The van der Waals surface area contributed by atoms with E-state index in [2.05, 4.69) is 41.4 Å². The van der Waals surface area contributed by atoms with Crippen LogP contribution in [-0.4, -0.2) is 57.1 Å². The first-order valence-corrected chi connectivity index (χ1v) is 20.0. The zero-order valence-electron chi connectivity index (χ0n) is 32.1. The number of piperidine rings is 1. The minimum atomic E-state index is -4.46. The van der Waals surface area contributed by atoms with Crippen LogP contribution in [0.5, 0.6) is 11.5 Å². The lowest BCUT2D eigenvalue weighted by molar-refractivity contribution is -0.335. The number of carbonyl (C=O) groups is 1. The first-order chi connectivity index (χ1) is 27.0. The summed E-state index contributed by atoms with van der Waals surface area (Å²) in [6.45, 7) is 9.60. The number of methoxy groups -OCH3 is 1. The van der Waals surface area contributed by atoms with Crippen LogP contribution in [0, 0.1) is 13.8 Å². The van der Waals surface area contributed by atoms with E-state index in [4.69, 9.17) is 28.3 Å². The van der Waals surface area contributed by atoms with Crippen LogP contribution in [0.4, 0.5) is 4.79 Å². The number of fused-ring (bicyclic) bond motifs is 2. The van der Waals surface area contributed by atoms with Gasteiger partial charge in [-0.2, -0.15) is 9.99 Å². The van der Waals surface area contributed by atoms with Crippen molar-refractivity contribution in [1.29, 1.82) is 0 Å². The minimum Gasteiger partial charge on any atom is -0.493 e. The molecule has 1 saturated heterocycles. The number of nitrogens with zero attached hydrogens (tertiary/aromatic N) is 4. The van der Waals surface area contributed by atoms with Gasteiger partial charge in [0.05, 0.1) is 24.9 Å². The van der Waals surface area contributed by atoms with Crippen molar-refractivity contribution in [3.8, 4) is 22.8 Å². The molecule has 1 aliphatic rings. The van der Waals surface area contributed by atoms with E-state index in [0.717, 1.165) is 76.0 Å². The number of hydrogen-bond acceptors (Lipinski definition) is 11. The summed E-state index contributed by atoms with van der Waals surface area (Å²) in [5, 5.41) is 8.87. The van der Waals surface area contributed by atoms with E-state index in [0.29, 0.717) is 11.5 Å². The van der Waals surface area contributed by atoms with E-state index in [-0.39, 0.29) is 30.6 Å². The zero-order valence-corrected chi connectivity index (χ0v) is 33.0. The lowest BCUT2D eigenvalue weighted by Gasteiger charge is -2.23. The Morgan fingerprint density at radius 1 is 0.964 bits per heavy atom. The molecule has 1 unspecified atom stereocenters. The van der Waals surface area contributed by atoms with Crippen molar-refractivity contribution in [3.63, 3.8) is 0 Å². The Morgan fingerprint density at radius 2 is 1.75 bits per heavy atom. The van der Waals surface area contributed by atoms with Crippen LogP contribution in [0.1, 0.15) is 71.9 Å². The number of phosphoric ester groups is 1. The highest BCUT2D eigenvalue weighted by molar-refractivity contribution is 7.47. The first kappa shape index (κ1) is 39.2. The van der Waals surface area contributed by atoms with Gasteiger partial charge in [-0.15, -0.1) is 0 Å². The largest absolute Gasteiger partial charge is 0.527 e. The Kier molecular flexibility index (Phi) is 11.9. The molecule has 14 nitrogen and oxygen atoms in total. The number of aryl methyl sites for hydroxylation is 1. The minimum absolute atomic E-state index is 0.0109. The number of benzene rings is 3. The molecule has 0 spiro atoms. The maximum absolute atomic E-state index is 14.2. The molecule has 6 aromatic rings. The molecule has 0 radical (unpaired) electrons. The van der Waals surface area contributed by atoms with Gasteiger partial charge in [-0.05, 0) is 109 Å². The molecule has 2 N–H and O–H groups in total. The van der Waals surface area contributed by atoms with Gasteiger partial charge in [0.15, 0.2) is 17.1 Å². The van der Waals surface area contributed by atoms with Crippen molar-refractivity contribution < 1.29 is 42.5 Å². The molecule has 0 amide bonds. The van der Waals surface area contributed by atoms with Crippen molar-refractivity contribution in [2.75, 3.05) is 27.0 Å². The SMILES string of the molecule is COc1cc(COOCOC(=O)n2c(-c3cn4ncnc4c(C)c3C)c(C(C)C)c3cc(C4CCNCC4)ccc32)ccc1OP(=O)(O)OCc1ccccc1. The summed E-state index contributed by atoms with van der Waals surface area (Å²) in [5.41, 5.74) is 8.61. The second-order valence-electron chi connectivity index (χ2n) is 14.1. The number of nitrogens with one attached hydrogen (secondary N) is 1. The van der Waals surface area contributed by atoms with Gasteiger partial charge >= 0.3 is 13.9 Å². The van der Waals surface area contributed by atoms with Crippen molar-refractivity contribution in [3.05, 3.63) is 113 Å². The average molecular weight is 784 g/mol. The third-order valence-electron chi connectivity index (χ3n) is 10.2. The summed E-state index contributed by atoms with van der Waals surface area (Å²) in [5.74, 6) is 0.688. The van der Waals surface area contributed by atoms with E-state index in [1.807, 2.05) is 32.2 Å². The normalized spacial score (nSPS) is 14.7. The Hall–Kier alpha value is -5.08. The third-order valence-corrected chi connectivity index (χ3v) is 11.1. The molecule has 3 aromatic carbocycles. The molecular formula is C41H46N5O9P. The summed E-state index contributed by atoms with van der Waals surface area (Å²) in [6.07, 6.45) is 4.92. The van der Waals surface area contributed by atoms with Gasteiger partial charge in [0.1, 0.15) is 12.9 Å². The van der Waals surface area contributed by atoms with Crippen LogP contribution in [0.25, 0.3) is 27.8 Å². The van der Waals surface area contributed by atoms with Crippen LogP contribution in [-0.2, 0) is 36.8 Å². The highest BCUT2D eigenvalue weighted by Gasteiger charge is 2.29. The van der Waals surface area contributed by atoms with Crippen LogP contribution in [0.15, 0.2) is 79.3 Å². The molecule has 15 heteroatoms. The van der Waals surface area contributed by atoms with Crippen LogP contribution < -0.4 is 14.6 Å². The zero-order chi connectivity index (χ0) is 39.4. The fourth-order valence-electron chi connectivity index (χ4n) is 7.26. The van der Waals surface area contributed by atoms with Gasteiger partial charge in [-0.3, -0.25) is 9.42 Å². The number of ether oxygens (including phenoxy) is 2. The quantitative estimate of drug-likeness (QED) is 0.0358. The topological polar surface area (TPSA) is 157 Å². The summed E-state index contributed by atoms with van der Waals surface area (Å²) < 4.78 is 37.5. The lowest BCUT2D eigenvalue weighted by atomic mass is 9.88. The predicted octanol–water partition coefficient (Wildman–Crippen LogP) is 8.35. The number of hydrogen-bond donors (Lipinski definition) is 2. The smallest absolute Gasteiger partial charge is 0.493 e. The monoisotopic (exact) mass is 783 g/mol. The third kappa shape index (κ3) is 8.36. The van der Waals surface area contributed by atoms with Crippen molar-refractivity contribution in [2.24, 2.45) is 0 Å². The van der Waals surface area contributed by atoms with Crippen LogP contribution in [0.2, 0.25) is 0 Å². The van der Waals surface area contributed by atoms with Crippen LogP contribution in [0.3, 0.4) is 0 Å². The number of aromatic nitrogens is 4. The summed E-state index contributed by atoms with van der Waals surface area (Å²) in [6, 6.07) is 20.0. The second-order valence-corrected chi connectivity index (χ2v) is 15.5. The number of pyridine rings is 1. The van der Waals surface area contributed by atoms with E-state index >= 15 is 0 Å². The molecule has 7 rings (SSSR count). The van der Waals surface area contributed by atoms with Gasteiger partial charge in [-0.25, -0.2) is 28.3 Å². The maximum Gasteiger partial charge on any atom is 0.527 e. The lowest BCUT2D eigenvalue weighted by Crippen LogP contribution is -2.26. The molecule has 1 fully saturated rings. The van der Waals surface area contributed by atoms with Crippen LogP contribution >= 0.6 is 7.82 Å². The summed E-state index contributed by atoms with van der Waals surface area (Å²) in [7, 11) is -3.06. The predicted molar refractivity (Wildman–Crippen MR) is 210 cm³/mol. The Morgan fingerprint density at radius 3 is 2.50 bits per heavy atom. The Bertz CT molecular complexity index is 2390. The van der Waals surface area contributed by atoms with Gasteiger partial charge in [-0.1, -0.05) is 56.3 Å². The van der Waals surface area contributed by atoms with E-state index in [9.17, 15) is 14.3 Å². The molecule has 0 bridgehead atoms. The molecule has 294 valence electrons. The van der Waals surface area contributed by atoms with Crippen molar-refractivity contribution in [1.82, 2.24) is 24.5 Å². The molecule has 4 heterocycles. The van der Waals surface area contributed by atoms with Crippen molar-refractivity contribution >= 4 is 30.5 Å². The van der Waals surface area contributed by atoms with Crippen molar-refractivity contribution in [2.45, 2.75) is 65.6 Å². The fraction of sp³-hybridized carbons (Fsp3) is 0.341.